The van der Waals surface area contributed by atoms with Gasteiger partial charge in [-0.1, -0.05) is 13.8 Å². The van der Waals surface area contributed by atoms with Crippen molar-refractivity contribution < 1.29 is 0 Å². The summed E-state index contributed by atoms with van der Waals surface area (Å²) in [5.74, 6) is 0.701. The molecule has 0 amide bonds. The molecule has 0 saturated carbocycles. The predicted octanol–water partition coefficient (Wildman–Crippen LogP) is 1.30. The van der Waals surface area contributed by atoms with Crippen molar-refractivity contribution >= 4 is 0 Å². The van der Waals surface area contributed by atoms with Crippen LogP contribution in [0, 0.1) is 5.92 Å². The Labute approximate surface area is 101 Å². The quantitative estimate of drug-likeness (QED) is 0.642. The molecule has 2 N–H and O–H groups in total. The third kappa shape index (κ3) is 4.40. The highest BCUT2D eigenvalue weighted by Gasteiger charge is 2.20. The maximum atomic E-state index is 3.58. The van der Waals surface area contributed by atoms with Crippen LogP contribution >= 0.6 is 0 Å². The van der Waals surface area contributed by atoms with Gasteiger partial charge in [0.2, 0.25) is 0 Å². The summed E-state index contributed by atoms with van der Waals surface area (Å²) in [5.41, 5.74) is 0. The normalized spacial score (nSPS) is 24.2. The number of likely N-dealkylation sites (N-methyl/N-ethyl adjacent to an activating group) is 1. The molecule has 0 aromatic heterocycles. The smallest absolute Gasteiger partial charge is 0.0212 e. The summed E-state index contributed by atoms with van der Waals surface area (Å²) in [4.78, 5) is 2.50. The summed E-state index contributed by atoms with van der Waals surface area (Å²) in [6, 6.07) is 1.42. The molecule has 1 aliphatic rings. The van der Waals surface area contributed by atoms with Crippen LogP contribution in [0.3, 0.4) is 0 Å². The predicted molar refractivity (Wildman–Crippen MR) is 70.8 cm³/mol. The molecule has 1 rings (SSSR count). The average Bonchev–Trinajstić information content (AvgIpc) is 2.64. The van der Waals surface area contributed by atoms with Gasteiger partial charge in [0.25, 0.3) is 0 Å². The van der Waals surface area contributed by atoms with Gasteiger partial charge in [0.05, 0.1) is 0 Å². The van der Waals surface area contributed by atoms with Gasteiger partial charge >= 0.3 is 0 Å². The molecule has 2 atom stereocenters. The average molecular weight is 227 g/mol. The number of hydrogen-bond donors (Lipinski definition) is 2. The summed E-state index contributed by atoms with van der Waals surface area (Å²) in [7, 11) is 4.30. The van der Waals surface area contributed by atoms with E-state index in [4.69, 9.17) is 0 Å². The van der Waals surface area contributed by atoms with E-state index in [0.29, 0.717) is 12.0 Å². The molecule has 0 radical (unpaired) electrons. The molecular formula is C13H29N3. The zero-order chi connectivity index (χ0) is 12.0. The molecule has 1 fully saturated rings. The monoisotopic (exact) mass is 227 g/mol. The number of nitrogens with zero attached hydrogens (tertiary/aromatic N) is 1. The SMILES string of the molecule is CN[C@@H](CNCCC1CCCN1C)C(C)C. The molecular weight excluding hydrogens is 198 g/mol. The summed E-state index contributed by atoms with van der Waals surface area (Å²) < 4.78 is 0. The minimum atomic E-state index is 0.598. The van der Waals surface area contributed by atoms with E-state index in [1.165, 1.54) is 25.8 Å². The highest BCUT2D eigenvalue weighted by molar-refractivity contribution is 4.78. The van der Waals surface area contributed by atoms with E-state index in [0.717, 1.165) is 19.1 Å². The minimum absolute atomic E-state index is 0.598. The van der Waals surface area contributed by atoms with Crippen LogP contribution in [0.4, 0.5) is 0 Å². The van der Waals surface area contributed by atoms with E-state index < -0.39 is 0 Å². The molecule has 1 aliphatic heterocycles. The van der Waals surface area contributed by atoms with Crippen LogP contribution in [0.5, 0.6) is 0 Å². The maximum Gasteiger partial charge on any atom is 0.0212 e. The van der Waals surface area contributed by atoms with Crippen molar-refractivity contribution in [3.8, 4) is 0 Å². The molecule has 1 unspecified atom stereocenters. The third-order valence-corrected chi connectivity index (χ3v) is 3.87. The van der Waals surface area contributed by atoms with Crippen molar-refractivity contribution in [3.05, 3.63) is 0 Å². The van der Waals surface area contributed by atoms with Crippen molar-refractivity contribution in [2.45, 2.75) is 45.2 Å². The molecule has 3 nitrogen and oxygen atoms in total. The fraction of sp³-hybridized carbons (Fsp3) is 1.00. The summed E-state index contributed by atoms with van der Waals surface area (Å²) >= 11 is 0. The van der Waals surface area contributed by atoms with Gasteiger partial charge in [0, 0.05) is 18.6 Å². The molecule has 0 spiro atoms. The standard InChI is InChI=1S/C13H29N3/c1-11(2)13(14-3)10-15-8-7-12-6-5-9-16(12)4/h11-15H,5-10H2,1-4H3/t12?,13-/m0/s1. The zero-order valence-electron chi connectivity index (χ0n) is 11.4. The molecule has 0 aromatic rings. The molecule has 96 valence electrons. The van der Waals surface area contributed by atoms with Crippen LogP contribution < -0.4 is 10.6 Å². The first-order valence-corrected chi connectivity index (χ1v) is 6.73. The first kappa shape index (κ1) is 13.9. The lowest BCUT2D eigenvalue weighted by atomic mass is 10.0. The summed E-state index contributed by atoms with van der Waals surface area (Å²) in [5, 5.41) is 6.94. The largest absolute Gasteiger partial charge is 0.315 e. The van der Waals surface area contributed by atoms with Gasteiger partial charge in [-0.15, -0.1) is 0 Å². The van der Waals surface area contributed by atoms with Crippen LogP contribution in [0.15, 0.2) is 0 Å². The molecule has 16 heavy (non-hydrogen) atoms. The molecule has 1 heterocycles. The summed E-state index contributed by atoms with van der Waals surface area (Å²) in [6.07, 6.45) is 4.06. The third-order valence-electron chi connectivity index (χ3n) is 3.87. The Hall–Kier alpha value is -0.120. The lowest BCUT2D eigenvalue weighted by Crippen LogP contribution is -2.41. The van der Waals surface area contributed by atoms with Crippen molar-refractivity contribution in [2.75, 3.05) is 33.7 Å². The van der Waals surface area contributed by atoms with Gasteiger partial charge in [0.15, 0.2) is 0 Å². The second-order valence-corrected chi connectivity index (χ2v) is 5.41. The van der Waals surface area contributed by atoms with E-state index in [1.807, 2.05) is 0 Å². The highest BCUT2D eigenvalue weighted by Crippen LogP contribution is 2.16. The second kappa shape index (κ2) is 7.25. The Kier molecular flexibility index (Phi) is 6.32. The number of likely N-dealkylation sites (tertiary alicyclic amines) is 1. The minimum Gasteiger partial charge on any atom is -0.315 e. The fourth-order valence-corrected chi connectivity index (χ4v) is 2.54. The van der Waals surface area contributed by atoms with Gasteiger partial charge in [-0.05, 0) is 52.4 Å². The first-order valence-electron chi connectivity index (χ1n) is 6.73. The molecule has 0 aliphatic carbocycles. The van der Waals surface area contributed by atoms with Gasteiger partial charge in [0.1, 0.15) is 0 Å². The Morgan fingerprint density at radius 1 is 1.38 bits per heavy atom. The van der Waals surface area contributed by atoms with Crippen LogP contribution in [0.1, 0.15) is 33.1 Å². The van der Waals surface area contributed by atoms with Gasteiger partial charge in [-0.25, -0.2) is 0 Å². The number of rotatable bonds is 7. The van der Waals surface area contributed by atoms with E-state index in [-0.39, 0.29) is 0 Å². The Morgan fingerprint density at radius 3 is 2.62 bits per heavy atom. The van der Waals surface area contributed by atoms with E-state index in [1.54, 1.807) is 0 Å². The lowest BCUT2D eigenvalue weighted by molar-refractivity contribution is 0.290. The van der Waals surface area contributed by atoms with Crippen LogP contribution in [0.2, 0.25) is 0 Å². The Balaban J connectivity index is 2.06. The van der Waals surface area contributed by atoms with Crippen molar-refractivity contribution in [1.82, 2.24) is 15.5 Å². The Bertz CT molecular complexity index is 178. The fourth-order valence-electron chi connectivity index (χ4n) is 2.54. The second-order valence-electron chi connectivity index (χ2n) is 5.41. The van der Waals surface area contributed by atoms with Gasteiger partial charge in [-0.2, -0.15) is 0 Å². The van der Waals surface area contributed by atoms with Crippen LogP contribution in [-0.2, 0) is 0 Å². The van der Waals surface area contributed by atoms with Crippen molar-refractivity contribution in [3.63, 3.8) is 0 Å². The maximum absolute atomic E-state index is 3.58. The number of nitrogens with one attached hydrogen (secondary N) is 2. The summed E-state index contributed by atoms with van der Waals surface area (Å²) in [6.45, 7) is 8.07. The number of hydrogen-bond acceptors (Lipinski definition) is 3. The molecule has 0 aromatic carbocycles. The zero-order valence-corrected chi connectivity index (χ0v) is 11.4. The van der Waals surface area contributed by atoms with E-state index >= 15 is 0 Å². The molecule has 3 heteroatoms. The highest BCUT2D eigenvalue weighted by atomic mass is 15.1. The lowest BCUT2D eigenvalue weighted by Gasteiger charge is -2.22. The topological polar surface area (TPSA) is 27.3 Å². The van der Waals surface area contributed by atoms with Gasteiger partial charge in [-0.3, -0.25) is 0 Å². The molecule has 0 bridgehead atoms. The molecule has 1 saturated heterocycles. The van der Waals surface area contributed by atoms with E-state index in [2.05, 4.69) is 43.5 Å². The van der Waals surface area contributed by atoms with Crippen LogP contribution in [-0.4, -0.2) is 50.7 Å². The van der Waals surface area contributed by atoms with Crippen molar-refractivity contribution in [1.29, 1.82) is 0 Å². The van der Waals surface area contributed by atoms with Crippen LogP contribution in [0.25, 0.3) is 0 Å². The van der Waals surface area contributed by atoms with Crippen molar-refractivity contribution in [2.24, 2.45) is 5.92 Å². The van der Waals surface area contributed by atoms with E-state index in [9.17, 15) is 0 Å². The Morgan fingerprint density at radius 2 is 2.12 bits per heavy atom. The first-order chi connectivity index (χ1) is 7.65. The van der Waals surface area contributed by atoms with Gasteiger partial charge < -0.3 is 15.5 Å².